The van der Waals surface area contributed by atoms with Crippen LogP contribution in [0.5, 0.6) is 5.75 Å². The lowest BCUT2D eigenvalue weighted by molar-refractivity contribution is 0.392. The van der Waals surface area contributed by atoms with Crippen LogP contribution in [0, 0.1) is 0 Å². The zero-order valence-electron chi connectivity index (χ0n) is 10.8. The lowest BCUT2D eigenvalue weighted by Crippen LogP contribution is -2.23. The number of hydrogen-bond donors (Lipinski definition) is 1. The van der Waals surface area contributed by atoms with Crippen LogP contribution in [0.25, 0.3) is 0 Å². The predicted molar refractivity (Wildman–Crippen MR) is 71.8 cm³/mol. The lowest BCUT2D eigenvalue weighted by Gasteiger charge is -2.19. The van der Waals surface area contributed by atoms with Crippen LogP contribution >= 0.6 is 0 Å². The fourth-order valence-electron chi connectivity index (χ4n) is 2.01. The molecule has 0 aliphatic heterocycles. The number of benzene rings is 1. The first-order valence-electron chi connectivity index (χ1n) is 6.26. The zero-order valence-corrected chi connectivity index (χ0v) is 10.8. The minimum atomic E-state index is 0.0381. The van der Waals surface area contributed by atoms with E-state index in [4.69, 9.17) is 9.15 Å². The summed E-state index contributed by atoms with van der Waals surface area (Å²) in [5.41, 5.74) is 1.10. The quantitative estimate of drug-likeness (QED) is 0.847. The van der Waals surface area contributed by atoms with Crippen molar-refractivity contribution in [1.82, 2.24) is 5.32 Å². The van der Waals surface area contributed by atoms with Gasteiger partial charge in [-0.05, 0) is 31.2 Å². The molecule has 3 heteroatoms. The van der Waals surface area contributed by atoms with E-state index in [2.05, 4.69) is 18.3 Å². The highest BCUT2D eigenvalue weighted by Crippen LogP contribution is 2.29. The fraction of sp³-hybridized carbons (Fsp3) is 0.333. The monoisotopic (exact) mass is 245 g/mol. The number of para-hydroxylation sites is 1. The first-order chi connectivity index (χ1) is 8.86. The summed E-state index contributed by atoms with van der Waals surface area (Å²) in [7, 11) is 1.69. The summed E-state index contributed by atoms with van der Waals surface area (Å²) < 4.78 is 11.0. The summed E-state index contributed by atoms with van der Waals surface area (Å²) in [6, 6.07) is 12.0. The summed E-state index contributed by atoms with van der Waals surface area (Å²) in [4.78, 5) is 0. The van der Waals surface area contributed by atoms with E-state index in [0.717, 1.165) is 30.0 Å². The maximum absolute atomic E-state index is 5.53. The van der Waals surface area contributed by atoms with E-state index < -0.39 is 0 Å². The Bertz CT molecular complexity index is 465. The van der Waals surface area contributed by atoms with Gasteiger partial charge < -0.3 is 14.5 Å². The zero-order chi connectivity index (χ0) is 12.8. The molecule has 1 N–H and O–H groups in total. The van der Waals surface area contributed by atoms with E-state index in [1.165, 1.54) is 0 Å². The molecule has 0 fully saturated rings. The van der Waals surface area contributed by atoms with E-state index >= 15 is 0 Å². The second kappa shape index (κ2) is 6.26. The molecule has 0 amide bonds. The van der Waals surface area contributed by atoms with Gasteiger partial charge in [-0.15, -0.1) is 0 Å². The Morgan fingerprint density at radius 3 is 2.72 bits per heavy atom. The Hall–Kier alpha value is -1.74. The van der Waals surface area contributed by atoms with Gasteiger partial charge in [-0.3, -0.25) is 0 Å². The molecule has 0 radical (unpaired) electrons. The van der Waals surface area contributed by atoms with Crippen molar-refractivity contribution < 1.29 is 9.15 Å². The Kier molecular flexibility index (Phi) is 4.42. The molecule has 2 rings (SSSR count). The first kappa shape index (κ1) is 12.7. The molecule has 0 bridgehead atoms. The summed E-state index contributed by atoms with van der Waals surface area (Å²) in [6.07, 6.45) is 2.78. The van der Waals surface area contributed by atoms with Gasteiger partial charge in [0, 0.05) is 5.56 Å². The summed E-state index contributed by atoms with van der Waals surface area (Å²) in [6.45, 7) is 3.08. The maximum atomic E-state index is 5.53. The Balaban J connectivity index is 2.33. The van der Waals surface area contributed by atoms with Crippen molar-refractivity contribution in [3.8, 4) is 5.75 Å². The van der Waals surface area contributed by atoms with Crippen molar-refractivity contribution in [2.75, 3.05) is 13.7 Å². The van der Waals surface area contributed by atoms with Crippen molar-refractivity contribution in [3.05, 3.63) is 54.0 Å². The molecule has 2 aromatic rings. The molecule has 3 nitrogen and oxygen atoms in total. The molecule has 18 heavy (non-hydrogen) atoms. The highest BCUT2D eigenvalue weighted by molar-refractivity contribution is 5.39. The average molecular weight is 245 g/mol. The van der Waals surface area contributed by atoms with E-state index in [-0.39, 0.29) is 6.04 Å². The molecule has 1 aromatic heterocycles. The molecule has 0 saturated heterocycles. The van der Waals surface area contributed by atoms with E-state index in [1.54, 1.807) is 13.4 Å². The van der Waals surface area contributed by atoms with E-state index in [1.807, 2.05) is 30.3 Å². The normalized spacial score (nSPS) is 12.3. The van der Waals surface area contributed by atoms with Crippen LogP contribution in [0.3, 0.4) is 0 Å². The third-order valence-corrected chi connectivity index (χ3v) is 2.88. The van der Waals surface area contributed by atoms with Crippen LogP contribution in [0.15, 0.2) is 47.1 Å². The summed E-state index contributed by atoms with van der Waals surface area (Å²) >= 11 is 0. The third-order valence-electron chi connectivity index (χ3n) is 2.88. The number of hydrogen-bond acceptors (Lipinski definition) is 3. The standard InChI is InChI=1S/C15H19NO2/c1-3-10-16-15(14-9-6-11-18-14)12-7-4-5-8-13(12)17-2/h4-9,11,15-16H,3,10H2,1-2H3. The molecule has 1 aromatic carbocycles. The molecule has 0 aliphatic carbocycles. The smallest absolute Gasteiger partial charge is 0.125 e. The van der Waals surface area contributed by atoms with E-state index in [9.17, 15) is 0 Å². The average Bonchev–Trinajstić information content (AvgIpc) is 2.94. The largest absolute Gasteiger partial charge is 0.496 e. The van der Waals surface area contributed by atoms with Gasteiger partial charge in [0.25, 0.3) is 0 Å². The Labute approximate surface area is 108 Å². The first-order valence-corrected chi connectivity index (χ1v) is 6.26. The van der Waals surface area contributed by atoms with Gasteiger partial charge in [-0.2, -0.15) is 0 Å². The molecule has 0 aliphatic rings. The van der Waals surface area contributed by atoms with Gasteiger partial charge in [0.2, 0.25) is 0 Å². The van der Waals surface area contributed by atoms with Crippen molar-refractivity contribution in [1.29, 1.82) is 0 Å². The van der Waals surface area contributed by atoms with Crippen LogP contribution in [0.1, 0.15) is 30.7 Å². The van der Waals surface area contributed by atoms with Gasteiger partial charge >= 0.3 is 0 Å². The predicted octanol–water partition coefficient (Wildman–Crippen LogP) is 3.38. The van der Waals surface area contributed by atoms with Gasteiger partial charge in [0.15, 0.2) is 0 Å². The minimum absolute atomic E-state index is 0.0381. The van der Waals surface area contributed by atoms with Crippen molar-refractivity contribution in [2.24, 2.45) is 0 Å². The summed E-state index contributed by atoms with van der Waals surface area (Å²) in [5.74, 6) is 1.79. The molecular formula is C15H19NO2. The van der Waals surface area contributed by atoms with Gasteiger partial charge in [-0.1, -0.05) is 25.1 Å². The number of methoxy groups -OCH3 is 1. The van der Waals surface area contributed by atoms with Gasteiger partial charge in [0.1, 0.15) is 11.5 Å². The van der Waals surface area contributed by atoms with Crippen molar-refractivity contribution >= 4 is 0 Å². The van der Waals surface area contributed by atoms with Crippen LogP contribution < -0.4 is 10.1 Å². The number of ether oxygens (including phenoxy) is 1. The Morgan fingerprint density at radius 1 is 1.22 bits per heavy atom. The highest BCUT2D eigenvalue weighted by Gasteiger charge is 2.19. The lowest BCUT2D eigenvalue weighted by atomic mass is 10.0. The minimum Gasteiger partial charge on any atom is -0.496 e. The molecule has 96 valence electrons. The van der Waals surface area contributed by atoms with Crippen LogP contribution in [0.4, 0.5) is 0 Å². The molecule has 1 unspecified atom stereocenters. The van der Waals surface area contributed by atoms with Crippen LogP contribution in [0.2, 0.25) is 0 Å². The topological polar surface area (TPSA) is 34.4 Å². The summed E-state index contributed by atoms with van der Waals surface area (Å²) in [5, 5.41) is 3.49. The van der Waals surface area contributed by atoms with Crippen LogP contribution in [-0.2, 0) is 0 Å². The Morgan fingerprint density at radius 2 is 2.06 bits per heavy atom. The second-order valence-electron chi connectivity index (χ2n) is 4.14. The fourth-order valence-corrected chi connectivity index (χ4v) is 2.01. The molecular weight excluding hydrogens is 226 g/mol. The second-order valence-corrected chi connectivity index (χ2v) is 4.14. The third kappa shape index (κ3) is 2.74. The number of furan rings is 1. The van der Waals surface area contributed by atoms with Crippen LogP contribution in [-0.4, -0.2) is 13.7 Å². The molecule has 1 heterocycles. The van der Waals surface area contributed by atoms with Gasteiger partial charge in [0.05, 0.1) is 19.4 Å². The van der Waals surface area contributed by atoms with Crippen molar-refractivity contribution in [3.63, 3.8) is 0 Å². The van der Waals surface area contributed by atoms with E-state index in [0.29, 0.717) is 0 Å². The molecule has 1 atom stereocenters. The molecule has 0 saturated carbocycles. The SMILES string of the molecule is CCCNC(c1ccco1)c1ccccc1OC. The number of nitrogens with one attached hydrogen (secondary N) is 1. The maximum Gasteiger partial charge on any atom is 0.125 e. The molecule has 0 spiro atoms. The number of rotatable bonds is 6. The van der Waals surface area contributed by atoms with Crippen molar-refractivity contribution in [2.45, 2.75) is 19.4 Å². The van der Waals surface area contributed by atoms with Gasteiger partial charge in [-0.25, -0.2) is 0 Å². The highest BCUT2D eigenvalue weighted by atomic mass is 16.5.